The molecule has 2 aromatic rings. The first kappa shape index (κ1) is 16.5. The van der Waals surface area contributed by atoms with Crippen molar-refractivity contribution in [1.29, 1.82) is 0 Å². The molecule has 112 valence electrons. The third-order valence-corrected chi connectivity index (χ3v) is 4.54. The van der Waals surface area contributed by atoms with E-state index in [9.17, 15) is 0 Å². The molecule has 0 radical (unpaired) electrons. The van der Waals surface area contributed by atoms with Crippen LogP contribution in [0.2, 0.25) is 5.02 Å². The molecule has 1 N–H and O–H groups in total. The van der Waals surface area contributed by atoms with E-state index < -0.39 is 0 Å². The lowest BCUT2D eigenvalue weighted by atomic mass is 9.99. The van der Waals surface area contributed by atoms with Crippen LogP contribution in [0.4, 0.5) is 0 Å². The van der Waals surface area contributed by atoms with Crippen LogP contribution in [-0.4, -0.2) is 17.6 Å². The number of nitrogens with one attached hydrogen (secondary N) is 1. The number of aromatic nitrogens is 1. The first-order valence-corrected chi connectivity index (χ1v) is 8.43. The van der Waals surface area contributed by atoms with Gasteiger partial charge in [0, 0.05) is 22.9 Å². The molecule has 4 heteroatoms. The quantitative estimate of drug-likeness (QED) is 0.770. The molecule has 1 aromatic carbocycles. The van der Waals surface area contributed by atoms with Gasteiger partial charge in [-0.2, -0.15) is 0 Å². The minimum atomic E-state index is 0.364. The van der Waals surface area contributed by atoms with E-state index in [2.05, 4.69) is 51.4 Å². The van der Waals surface area contributed by atoms with Crippen molar-refractivity contribution in [3.05, 3.63) is 63.3 Å². The second-order valence-corrected chi connectivity index (χ2v) is 6.38. The molecule has 1 aromatic heterocycles. The maximum Gasteiger partial charge on any atom is 0.0621 e. The van der Waals surface area contributed by atoms with E-state index in [1.807, 2.05) is 12.1 Å². The van der Waals surface area contributed by atoms with Crippen LogP contribution in [0, 0.1) is 0 Å². The predicted molar refractivity (Wildman–Crippen MR) is 92.9 cm³/mol. The third-order valence-electron chi connectivity index (χ3n) is 3.43. The van der Waals surface area contributed by atoms with Gasteiger partial charge in [0.05, 0.1) is 5.02 Å². The van der Waals surface area contributed by atoms with E-state index in [0.29, 0.717) is 6.04 Å². The van der Waals surface area contributed by atoms with Gasteiger partial charge in [0.1, 0.15) is 0 Å². The zero-order chi connectivity index (χ0) is 15.1. The highest BCUT2D eigenvalue weighted by atomic mass is 79.9. The molecule has 0 fully saturated rings. The SMILES string of the molecule is CCCNC(Cc1ccncc1Cl)Cc1ccccc1Br. The maximum atomic E-state index is 6.24. The van der Waals surface area contributed by atoms with E-state index in [1.54, 1.807) is 12.4 Å². The van der Waals surface area contributed by atoms with E-state index in [-0.39, 0.29) is 0 Å². The monoisotopic (exact) mass is 366 g/mol. The van der Waals surface area contributed by atoms with Crippen LogP contribution < -0.4 is 5.32 Å². The molecule has 1 heterocycles. The topological polar surface area (TPSA) is 24.9 Å². The number of halogens is 2. The predicted octanol–water partition coefficient (Wildman–Crippen LogP) is 4.65. The summed E-state index contributed by atoms with van der Waals surface area (Å²) < 4.78 is 1.16. The van der Waals surface area contributed by atoms with Crippen molar-refractivity contribution in [2.24, 2.45) is 0 Å². The van der Waals surface area contributed by atoms with Crippen molar-refractivity contribution in [1.82, 2.24) is 10.3 Å². The van der Waals surface area contributed by atoms with Gasteiger partial charge in [-0.05, 0) is 49.1 Å². The van der Waals surface area contributed by atoms with Crippen molar-refractivity contribution in [2.75, 3.05) is 6.54 Å². The molecule has 0 bridgehead atoms. The summed E-state index contributed by atoms with van der Waals surface area (Å²) in [6.45, 7) is 3.19. The Morgan fingerprint density at radius 3 is 2.67 bits per heavy atom. The zero-order valence-corrected chi connectivity index (χ0v) is 14.5. The van der Waals surface area contributed by atoms with Crippen LogP contribution in [0.3, 0.4) is 0 Å². The molecule has 0 aliphatic heterocycles. The fourth-order valence-corrected chi connectivity index (χ4v) is 2.97. The molecule has 1 atom stereocenters. The average molecular weight is 368 g/mol. The summed E-state index contributed by atoms with van der Waals surface area (Å²) in [6, 6.07) is 10.7. The molecular weight excluding hydrogens is 348 g/mol. The summed E-state index contributed by atoms with van der Waals surface area (Å²) in [5.41, 5.74) is 2.46. The number of hydrogen-bond donors (Lipinski definition) is 1. The fourth-order valence-electron chi connectivity index (χ4n) is 2.33. The summed E-state index contributed by atoms with van der Waals surface area (Å²) in [7, 11) is 0. The number of nitrogens with zero attached hydrogens (tertiary/aromatic N) is 1. The molecule has 2 rings (SSSR count). The molecule has 0 amide bonds. The Morgan fingerprint density at radius 1 is 1.19 bits per heavy atom. The van der Waals surface area contributed by atoms with Crippen molar-refractivity contribution in [3.63, 3.8) is 0 Å². The van der Waals surface area contributed by atoms with Crippen LogP contribution in [0.5, 0.6) is 0 Å². The highest BCUT2D eigenvalue weighted by Gasteiger charge is 2.13. The van der Waals surface area contributed by atoms with E-state index in [4.69, 9.17) is 11.6 Å². The van der Waals surface area contributed by atoms with Crippen molar-refractivity contribution < 1.29 is 0 Å². The zero-order valence-electron chi connectivity index (χ0n) is 12.2. The van der Waals surface area contributed by atoms with Gasteiger partial charge in [-0.25, -0.2) is 0 Å². The molecule has 0 spiro atoms. The Kier molecular flexibility index (Phi) is 6.68. The second kappa shape index (κ2) is 8.52. The third kappa shape index (κ3) is 5.10. The molecule has 1 unspecified atom stereocenters. The first-order valence-electron chi connectivity index (χ1n) is 7.26. The van der Waals surface area contributed by atoms with Gasteiger partial charge in [0.25, 0.3) is 0 Å². The van der Waals surface area contributed by atoms with Crippen LogP contribution >= 0.6 is 27.5 Å². The van der Waals surface area contributed by atoms with Crippen molar-refractivity contribution in [3.8, 4) is 0 Å². The van der Waals surface area contributed by atoms with Gasteiger partial charge < -0.3 is 5.32 Å². The van der Waals surface area contributed by atoms with Gasteiger partial charge >= 0.3 is 0 Å². The van der Waals surface area contributed by atoms with Gasteiger partial charge in [-0.15, -0.1) is 0 Å². The summed E-state index contributed by atoms with van der Waals surface area (Å²) in [4.78, 5) is 4.05. The Bertz CT molecular complexity index is 527. The molecule has 0 saturated heterocycles. The highest BCUT2D eigenvalue weighted by Crippen LogP contribution is 2.21. The van der Waals surface area contributed by atoms with Crippen LogP contribution in [0.25, 0.3) is 0 Å². The first-order chi connectivity index (χ1) is 10.2. The lowest BCUT2D eigenvalue weighted by Crippen LogP contribution is -2.34. The van der Waals surface area contributed by atoms with Crippen molar-refractivity contribution >= 4 is 27.5 Å². The Morgan fingerprint density at radius 2 is 1.95 bits per heavy atom. The second-order valence-electron chi connectivity index (χ2n) is 5.12. The molecule has 0 aliphatic rings. The number of pyridine rings is 1. The minimum absolute atomic E-state index is 0.364. The largest absolute Gasteiger partial charge is 0.313 e. The molecule has 0 saturated carbocycles. The Balaban J connectivity index is 2.11. The summed E-state index contributed by atoms with van der Waals surface area (Å²) in [5.74, 6) is 0. The number of hydrogen-bond acceptors (Lipinski definition) is 2. The Hall–Kier alpha value is -0.900. The fraction of sp³-hybridized carbons (Fsp3) is 0.353. The Labute approximate surface area is 140 Å². The standard InChI is InChI=1S/C17H20BrClN2/c1-2-8-21-15(10-13-5-3-4-6-16(13)18)11-14-7-9-20-12-17(14)19/h3-7,9,12,15,21H,2,8,10-11H2,1H3. The van der Waals surface area contributed by atoms with E-state index in [1.165, 1.54) is 5.56 Å². The van der Waals surface area contributed by atoms with Gasteiger partial charge in [0.2, 0.25) is 0 Å². The van der Waals surface area contributed by atoms with Crippen molar-refractivity contribution in [2.45, 2.75) is 32.2 Å². The maximum absolute atomic E-state index is 6.24. The number of rotatable bonds is 7. The lowest BCUT2D eigenvalue weighted by Gasteiger charge is -2.20. The van der Waals surface area contributed by atoms with Crippen LogP contribution in [0.15, 0.2) is 47.2 Å². The molecule has 21 heavy (non-hydrogen) atoms. The molecular formula is C17H20BrClN2. The van der Waals surface area contributed by atoms with Gasteiger partial charge in [-0.1, -0.05) is 52.7 Å². The minimum Gasteiger partial charge on any atom is -0.313 e. The van der Waals surface area contributed by atoms with E-state index in [0.717, 1.165) is 40.9 Å². The van der Waals surface area contributed by atoms with Gasteiger partial charge in [0.15, 0.2) is 0 Å². The highest BCUT2D eigenvalue weighted by molar-refractivity contribution is 9.10. The van der Waals surface area contributed by atoms with Crippen LogP contribution in [-0.2, 0) is 12.8 Å². The summed E-state index contributed by atoms with van der Waals surface area (Å²) >= 11 is 9.87. The van der Waals surface area contributed by atoms with Gasteiger partial charge in [-0.3, -0.25) is 4.98 Å². The molecule has 0 aliphatic carbocycles. The smallest absolute Gasteiger partial charge is 0.0621 e. The summed E-state index contributed by atoms with van der Waals surface area (Å²) in [5, 5.41) is 4.36. The lowest BCUT2D eigenvalue weighted by molar-refractivity contribution is 0.504. The van der Waals surface area contributed by atoms with E-state index >= 15 is 0 Å². The molecule has 2 nitrogen and oxygen atoms in total. The summed E-state index contributed by atoms with van der Waals surface area (Å²) in [6.07, 6.45) is 6.52. The number of benzene rings is 1. The van der Waals surface area contributed by atoms with Crippen LogP contribution in [0.1, 0.15) is 24.5 Å². The average Bonchev–Trinajstić information content (AvgIpc) is 2.49. The normalized spacial score (nSPS) is 12.3.